The van der Waals surface area contributed by atoms with Crippen molar-refractivity contribution in [1.29, 1.82) is 0 Å². The van der Waals surface area contributed by atoms with Gasteiger partial charge in [-0.3, -0.25) is 9.78 Å². The van der Waals surface area contributed by atoms with Crippen LogP contribution in [0.25, 0.3) is 10.9 Å². The quantitative estimate of drug-likeness (QED) is 0.781. The maximum absolute atomic E-state index is 11.5. The topological polar surface area (TPSA) is 38.1 Å². The van der Waals surface area contributed by atoms with Gasteiger partial charge in [-0.1, -0.05) is 0 Å². The van der Waals surface area contributed by atoms with Crippen LogP contribution in [-0.2, 0) is 11.3 Å². The molecule has 0 spiro atoms. The summed E-state index contributed by atoms with van der Waals surface area (Å²) in [5, 5.41) is 1.16. The van der Waals surface area contributed by atoms with Crippen molar-refractivity contribution < 1.29 is 4.79 Å². The number of rotatable bonds is 3. The van der Waals surface area contributed by atoms with E-state index in [0.717, 1.165) is 10.9 Å². The third kappa shape index (κ3) is 2.05. The molecule has 0 unspecified atom stereocenters. The Bertz CT molecular complexity index is 502. The monoisotopic (exact) mass is 217 g/mol. The Morgan fingerprint density at radius 2 is 2.25 bits per heavy atom. The standard InChI is InChI=1S/C12H15N3O/c1-14(2)12(16)5-8-15-7-4-10-3-6-13-9-11(10)15/h3-4,6-7,9H,5,8H2,1-2H3. The second-order valence-corrected chi connectivity index (χ2v) is 3.98. The number of pyridine rings is 1. The first kappa shape index (κ1) is 10.7. The highest BCUT2D eigenvalue weighted by atomic mass is 16.2. The van der Waals surface area contributed by atoms with Crippen LogP contribution in [0.5, 0.6) is 0 Å². The van der Waals surface area contributed by atoms with Crippen molar-refractivity contribution in [3.8, 4) is 0 Å². The van der Waals surface area contributed by atoms with Gasteiger partial charge in [0.1, 0.15) is 0 Å². The van der Waals surface area contributed by atoms with Crippen molar-refractivity contribution in [3.05, 3.63) is 30.7 Å². The molecule has 2 aromatic rings. The highest BCUT2D eigenvalue weighted by Gasteiger charge is 2.05. The predicted octanol–water partition coefficient (Wildman–Crippen LogP) is 1.51. The summed E-state index contributed by atoms with van der Waals surface area (Å²) in [6.45, 7) is 0.701. The predicted molar refractivity (Wildman–Crippen MR) is 63.0 cm³/mol. The second-order valence-electron chi connectivity index (χ2n) is 3.98. The Morgan fingerprint density at radius 3 is 3.00 bits per heavy atom. The smallest absolute Gasteiger partial charge is 0.223 e. The first-order chi connectivity index (χ1) is 7.68. The third-order valence-corrected chi connectivity index (χ3v) is 2.64. The van der Waals surface area contributed by atoms with E-state index in [9.17, 15) is 4.79 Å². The molecule has 4 heteroatoms. The summed E-state index contributed by atoms with van der Waals surface area (Å²) in [6, 6.07) is 4.01. The molecule has 2 heterocycles. The minimum absolute atomic E-state index is 0.144. The lowest BCUT2D eigenvalue weighted by atomic mass is 10.3. The van der Waals surface area contributed by atoms with Crippen LogP contribution in [0.2, 0.25) is 0 Å². The summed E-state index contributed by atoms with van der Waals surface area (Å²) in [6.07, 6.45) is 6.12. The molecular weight excluding hydrogens is 202 g/mol. The van der Waals surface area contributed by atoms with Gasteiger partial charge in [0.25, 0.3) is 0 Å². The molecule has 0 saturated carbocycles. The van der Waals surface area contributed by atoms with Crippen molar-refractivity contribution in [2.24, 2.45) is 0 Å². The number of aromatic nitrogens is 2. The Morgan fingerprint density at radius 1 is 1.44 bits per heavy atom. The molecule has 16 heavy (non-hydrogen) atoms. The molecule has 2 aromatic heterocycles. The molecule has 0 aliphatic rings. The summed E-state index contributed by atoms with van der Waals surface area (Å²) < 4.78 is 2.06. The van der Waals surface area contributed by atoms with Crippen LogP contribution in [-0.4, -0.2) is 34.5 Å². The third-order valence-electron chi connectivity index (χ3n) is 2.64. The molecule has 84 valence electrons. The summed E-state index contributed by atoms with van der Waals surface area (Å²) in [5.74, 6) is 0.144. The minimum Gasteiger partial charge on any atom is -0.349 e. The number of carbonyl (C=O) groups excluding carboxylic acids is 1. The fraction of sp³-hybridized carbons (Fsp3) is 0.333. The summed E-state index contributed by atoms with van der Waals surface area (Å²) >= 11 is 0. The van der Waals surface area contributed by atoms with E-state index in [0.29, 0.717) is 13.0 Å². The lowest BCUT2D eigenvalue weighted by Crippen LogP contribution is -2.22. The first-order valence-corrected chi connectivity index (χ1v) is 5.27. The van der Waals surface area contributed by atoms with Crippen LogP contribution in [0.4, 0.5) is 0 Å². The van der Waals surface area contributed by atoms with E-state index < -0.39 is 0 Å². The van der Waals surface area contributed by atoms with Gasteiger partial charge in [0.15, 0.2) is 0 Å². The van der Waals surface area contributed by atoms with Gasteiger partial charge in [-0.05, 0) is 12.1 Å². The Kier molecular flexibility index (Phi) is 2.90. The Balaban J connectivity index is 2.13. The van der Waals surface area contributed by atoms with Gasteiger partial charge in [0.2, 0.25) is 5.91 Å². The van der Waals surface area contributed by atoms with Crippen LogP contribution >= 0.6 is 0 Å². The van der Waals surface area contributed by atoms with Crippen LogP contribution < -0.4 is 0 Å². The number of hydrogen-bond acceptors (Lipinski definition) is 2. The molecule has 0 N–H and O–H groups in total. The molecule has 2 rings (SSSR count). The van der Waals surface area contributed by atoms with Crippen LogP contribution in [0, 0.1) is 0 Å². The maximum atomic E-state index is 11.5. The average Bonchev–Trinajstić information content (AvgIpc) is 2.69. The number of aryl methyl sites for hydroxylation is 1. The van der Waals surface area contributed by atoms with Gasteiger partial charge in [-0.15, -0.1) is 0 Å². The lowest BCUT2D eigenvalue weighted by molar-refractivity contribution is -0.128. The molecule has 0 aliphatic carbocycles. The summed E-state index contributed by atoms with van der Waals surface area (Å²) in [5.41, 5.74) is 1.08. The highest BCUT2D eigenvalue weighted by molar-refractivity contribution is 5.79. The van der Waals surface area contributed by atoms with Gasteiger partial charge in [-0.2, -0.15) is 0 Å². The van der Waals surface area contributed by atoms with Gasteiger partial charge in [0, 0.05) is 44.8 Å². The van der Waals surface area contributed by atoms with Crippen LogP contribution in [0.1, 0.15) is 6.42 Å². The van der Waals surface area contributed by atoms with Crippen molar-refractivity contribution >= 4 is 16.8 Å². The van der Waals surface area contributed by atoms with Gasteiger partial charge >= 0.3 is 0 Å². The largest absolute Gasteiger partial charge is 0.349 e. The molecule has 0 aliphatic heterocycles. The maximum Gasteiger partial charge on any atom is 0.223 e. The minimum atomic E-state index is 0.144. The van der Waals surface area contributed by atoms with Gasteiger partial charge in [-0.25, -0.2) is 0 Å². The molecule has 0 radical (unpaired) electrons. The molecule has 0 bridgehead atoms. The zero-order valence-corrected chi connectivity index (χ0v) is 9.55. The fourth-order valence-electron chi connectivity index (χ4n) is 1.66. The van der Waals surface area contributed by atoms with Gasteiger partial charge < -0.3 is 9.47 Å². The van der Waals surface area contributed by atoms with E-state index in [-0.39, 0.29) is 5.91 Å². The summed E-state index contributed by atoms with van der Waals surface area (Å²) in [7, 11) is 3.55. The normalized spacial score (nSPS) is 10.6. The van der Waals surface area contributed by atoms with Crippen molar-refractivity contribution in [1.82, 2.24) is 14.5 Å². The number of hydrogen-bond donors (Lipinski definition) is 0. The Labute approximate surface area is 94.5 Å². The average molecular weight is 217 g/mol. The molecule has 0 atom stereocenters. The van der Waals surface area contributed by atoms with Gasteiger partial charge in [0.05, 0.1) is 11.7 Å². The number of carbonyl (C=O) groups is 1. The number of fused-ring (bicyclic) bond motifs is 1. The van der Waals surface area contributed by atoms with Crippen LogP contribution in [0.3, 0.4) is 0 Å². The van der Waals surface area contributed by atoms with Crippen molar-refractivity contribution in [2.75, 3.05) is 14.1 Å². The molecular formula is C12H15N3O. The van der Waals surface area contributed by atoms with E-state index >= 15 is 0 Å². The van der Waals surface area contributed by atoms with Crippen molar-refractivity contribution in [2.45, 2.75) is 13.0 Å². The fourth-order valence-corrected chi connectivity index (χ4v) is 1.66. The zero-order chi connectivity index (χ0) is 11.5. The van der Waals surface area contributed by atoms with E-state index in [1.807, 2.05) is 24.5 Å². The number of nitrogens with zero attached hydrogens (tertiary/aromatic N) is 3. The molecule has 0 saturated heterocycles. The van der Waals surface area contributed by atoms with E-state index in [4.69, 9.17) is 0 Å². The van der Waals surface area contributed by atoms with E-state index in [2.05, 4.69) is 9.55 Å². The molecule has 4 nitrogen and oxygen atoms in total. The molecule has 0 fully saturated rings. The SMILES string of the molecule is CN(C)C(=O)CCn1ccc2ccncc21. The van der Waals surface area contributed by atoms with E-state index in [1.165, 1.54) is 0 Å². The highest BCUT2D eigenvalue weighted by Crippen LogP contribution is 2.14. The van der Waals surface area contributed by atoms with Crippen LogP contribution in [0.15, 0.2) is 30.7 Å². The van der Waals surface area contributed by atoms with E-state index in [1.54, 1.807) is 25.2 Å². The van der Waals surface area contributed by atoms with Crippen molar-refractivity contribution in [3.63, 3.8) is 0 Å². The first-order valence-electron chi connectivity index (χ1n) is 5.27. The lowest BCUT2D eigenvalue weighted by Gasteiger charge is -2.10. The summed E-state index contributed by atoms with van der Waals surface area (Å²) in [4.78, 5) is 17.2. The molecule has 0 aromatic carbocycles. The number of amides is 1. The molecule has 1 amide bonds. The second kappa shape index (κ2) is 4.35. The Hall–Kier alpha value is -1.84. The zero-order valence-electron chi connectivity index (χ0n) is 9.55.